The van der Waals surface area contributed by atoms with E-state index in [1.807, 2.05) is 0 Å². The molecule has 0 fully saturated rings. The molecule has 0 saturated carbocycles. The Morgan fingerprint density at radius 2 is 1.94 bits per heavy atom. The standard InChI is InChI=1S/C13H9ClFNO2/c14-9-4-1-3-8(7-9)12-10(15)5-2-6-11(12)16-13(17)18/h1-7,16H,(H,17,18). The lowest BCUT2D eigenvalue weighted by molar-refractivity contribution is 0.210. The summed E-state index contributed by atoms with van der Waals surface area (Å²) in [4.78, 5) is 10.7. The maximum atomic E-state index is 13.8. The number of benzene rings is 2. The minimum absolute atomic E-state index is 0.183. The lowest BCUT2D eigenvalue weighted by Crippen LogP contribution is -2.08. The van der Waals surface area contributed by atoms with E-state index < -0.39 is 11.9 Å². The van der Waals surface area contributed by atoms with Crippen molar-refractivity contribution in [3.63, 3.8) is 0 Å². The molecule has 2 aromatic carbocycles. The quantitative estimate of drug-likeness (QED) is 0.853. The Balaban J connectivity index is 2.58. The van der Waals surface area contributed by atoms with E-state index in [2.05, 4.69) is 5.32 Å². The SMILES string of the molecule is O=C(O)Nc1cccc(F)c1-c1cccc(Cl)c1. The fourth-order valence-corrected chi connectivity index (χ4v) is 1.87. The minimum Gasteiger partial charge on any atom is -0.465 e. The maximum Gasteiger partial charge on any atom is 0.409 e. The van der Waals surface area contributed by atoms with Gasteiger partial charge in [-0.3, -0.25) is 5.32 Å². The van der Waals surface area contributed by atoms with E-state index in [1.54, 1.807) is 24.3 Å². The Hall–Kier alpha value is -2.07. The van der Waals surface area contributed by atoms with Crippen LogP contribution in [-0.4, -0.2) is 11.2 Å². The van der Waals surface area contributed by atoms with Crippen LogP contribution in [-0.2, 0) is 0 Å². The second-order valence-electron chi connectivity index (χ2n) is 3.60. The number of hydrogen-bond donors (Lipinski definition) is 2. The molecule has 18 heavy (non-hydrogen) atoms. The number of carbonyl (C=O) groups is 1. The Morgan fingerprint density at radius 1 is 1.22 bits per heavy atom. The van der Waals surface area contributed by atoms with Crippen molar-refractivity contribution in [2.75, 3.05) is 5.32 Å². The van der Waals surface area contributed by atoms with E-state index in [0.717, 1.165) is 0 Å². The lowest BCUT2D eigenvalue weighted by atomic mass is 10.0. The van der Waals surface area contributed by atoms with Gasteiger partial charge in [-0.1, -0.05) is 29.8 Å². The Bertz CT molecular complexity index is 601. The van der Waals surface area contributed by atoms with Gasteiger partial charge in [-0.05, 0) is 29.8 Å². The van der Waals surface area contributed by atoms with E-state index in [1.165, 1.54) is 18.2 Å². The van der Waals surface area contributed by atoms with Crippen LogP contribution in [0.15, 0.2) is 42.5 Å². The van der Waals surface area contributed by atoms with Gasteiger partial charge in [0.2, 0.25) is 0 Å². The van der Waals surface area contributed by atoms with Gasteiger partial charge in [0.05, 0.1) is 5.69 Å². The summed E-state index contributed by atoms with van der Waals surface area (Å²) in [6.07, 6.45) is -1.25. The molecule has 0 unspecified atom stereocenters. The average Bonchev–Trinajstić information content (AvgIpc) is 2.28. The Kier molecular flexibility index (Phi) is 3.48. The zero-order valence-electron chi connectivity index (χ0n) is 9.15. The van der Waals surface area contributed by atoms with E-state index in [9.17, 15) is 9.18 Å². The first-order chi connectivity index (χ1) is 8.58. The summed E-state index contributed by atoms with van der Waals surface area (Å²) in [5.41, 5.74) is 0.886. The molecule has 0 spiro atoms. The highest BCUT2D eigenvalue weighted by atomic mass is 35.5. The fourth-order valence-electron chi connectivity index (χ4n) is 1.68. The van der Waals surface area contributed by atoms with Crippen molar-refractivity contribution in [3.8, 4) is 11.1 Å². The van der Waals surface area contributed by atoms with Crippen LogP contribution < -0.4 is 5.32 Å². The van der Waals surface area contributed by atoms with E-state index in [0.29, 0.717) is 10.6 Å². The number of nitrogens with one attached hydrogen (secondary N) is 1. The van der Waals surface area contributed by atoms with Gasteiger partial charge in [0.1, 0.15) is 5.82 Å². The van der Waals surface area contributed by atoms with Gasteiger partial charge in [0, 0.05) is 10.6 Å². The molecule has 0 saturated heterocycles. The number of anilines is 1. The molecule has 92 valence electrons. The van der Waals surface area contributed by atoms with Crippen molar-refractivity contribution in [2.45, 2.75) is 0 Å². The molecule has 0 aliphatic carbocycles. The Labute approximate surface area is 108 Å². The normalized spacial score (nSPS) is 10.1. The molecule has 3 nitrogen and oxygen atoms in total. The number of hydrogen-bond acceptors (Lipinski definition) is 1. The van der Waals surface area contributed by atoms with Gasteiger partial charge in [-0.25, -0.2) is 9.18 Å². The molecule has 0 atom stereocenters. The van der Waals surface area contributed by atoms with Crippen LogP contribution in [0.25, 0.3) is 11.1 Å². The summed E-state index contributed by atoms with van der Waals surface area (Å²) < 4.78 is 13.8. The predicted octanol–water partition coefficient (Wildman–Crippen LogP) is 4.24. The van der Waals surface area contributed by atoms with Crippen LogP contribution in [0.5, 0.6) is 0 Å². The lowest BCUT2D eigenvalue weighted by Gasteiger charge is -2.10. The molecule has 5 heteroatoms. The Morgan fingerprint density at radius 3 is 2.61 bits per heavy atom. The molecule has 2 rings (SSSR count). The summed E-state index contributed by atoms with van der Waals surface area (Å²) in [5.74, 6) is -0.511. The van der Waals surface area contributed by atoms with Gasteiger partial charge < -0.3 is 5.11 Å². The first kappa shape index (κ1) is 12.4. The molecular formula is C13H9ClFNO2. The summed E-state index contributed by atoms with van der Waals surface area (Å²) in [6, 6.07) is 10.8. The van der Waals surface area contributed by atoms with Crippen LogP contribution in [0.1, 0.15) is 0 Å². The minimum atomic E-state index is -1.25. The molecule has 0 bridgehead atoms. The predicted molar refractivity (Wildman–Crippen MR) is 68.5 cm³/mol. The van der Waals surface area contributed by atoms with Crippen LogP contribution in [0.4, 0.5) is 14.9 Å². The number of carboxylic acid groups (broad SMARTS) is 1. The largest absolute Gasteiger partial charge is 0.465 e. The zero-order valence-corrected chi connectivity index (χ0v) is 9.91. The topological polar surface area (TPSA) is 49.3 Å². The third kappa shape index (κ3) is 2.60. The van der Waals surface area contributed by atoms with Crippen molar-refractivity contribution in [1.82, 2.24) is 0 Å². The second kappa shape index (κ2) is 5.06. The number of halogens is 2. The van der Waals surface area contributed by atoms with Crippen molar-refractivity contribution >= 4 is 23.4 Å². The maximum absolute atomic E-state index is 13.8. The van der Waals surface area contributed by atoms with E-state index in [-0.39, 0.29) is 11.3 Å². The number of amides is 1. The first-order valence-corrected chi connectivity index (χ1v) is 5.50. The van der Waals surface area contributed by atoms with Crippen LogP contribution >= 0.6 is 11.6 Å². The summed E-state index contributed by atoms with van der Waals surface area (Å²) >= 11 is 5.85. The molecule has 0 heterocycles. The summed E-state index contributed by atoms with van der Waals surface area (Å²) in [7, 11) is 0. The van der Waals surface area contributed by atoms with Gasteiger partial charge in [-0.2, -0.15) is 0 Å². The molecule has 2 N–H and O–H groups in total. The van der Waals surface area contributed by atoms with Gasteiger partial charge in [0.25, 0.3) is 0 Å². The molecule has 2 aromatic rings. The van der Waals surface area contributed by atoms with Crippen LogP contribution in [0.2, 0.25) is 5.02 Å². The molecule has 0 aromatic heterocycles. The fraction of sp³-hybridized carbons (Fsp3) is 0. The van der Waals surface area contributed by atoms with Gasteiger partial charge in [0.15, 0.2) is 0 Å². The molecular weight excluding hydrogens is 257 g/mol. The van der Waals surface area contributed by atoms with Gasteiger partial charge in [-0.15, -0.1) is 0 Å². The zero-order chi connectivity index (χ0) is 13.1. The smallest absolute Gasteiger partial charge is 0.409 e. The average molecular weight is 266 g/mol. The van der Waals surface area contributed by atoms with Crippen molar-refractivity contribution in [3.05, 3.63) is 53.3 Å². The molecule has 1 amide bonds. The van der Waals surface area contributed by atoms with Gasteiger partial charge >= 0.3 is 6.09 Å². The summed E-state index contributed by atoms with van der Waals surface area (Å²) in [5, 5.41) is 11.3. The molecule has 0 radical (unpaired) electrons. The molecule has 0 aliphatic rings. The van der Waals surface area contributed by atoms with E-state index >= 15 is 0 Å². The number of rotatable bonds is 2. The summed E-state index contributed by atoms with van der Waals surface area (Å²) in [6.45, 7) is 0. The van der Waals surface area contributed by atoms with Crippen LogP contribution in [0, 0.1) is 5.82 Å². The van der Waals surface area contributed by atoms with Crippen molar-refractivity contribution in [1.29, 1.82) is 0 Å². The monoisotopic (exact) mass is 265 g/mol. The van der Waals surface area contributed by atoms with Crippen molar-refractivity contribution < 1.29 is 14.3 Å². The highest BCUT2D eigenvalue weighted by Gasteiger charge is 2.12. The van der Waals surface area contributed by atoms with Crippen LogP contribution in [0.3, 0.4) is 0 Å². The third-order valence-electron chi connectivity index (χ3n) is 2.37. The van der Waals surface area contributed by atoms with Crippen molar-refractivity contribution in [2.24, 2.45) is 0 Å². The highest BCUT2D eigenvalue weighted by Crippen LogP contribution is 2.32. The first-order valence-electron chi connectivity index (χ1n) is 5.12. The van der Waals surface area contributed by atoms with E-state index in [4.69, 9.17) is 16.7 Å². The second-order valence-corrected chi connectivity index (χ2v) is 4.04. The third-order valence-corrected chi connectivity index (χ3v) is 2.60. The molecule has 0 aliphatic heterocycles. The highest BCUT2D eigenvalue weighted by molar-refractivity contribution is 6.30.